The lowest BCUT2D eigenvalue weighted by molar-refractivity contribution is 0.621. The molecule has 1 aromatic heterocycles. The maximum absolute atomic E-state index is 12.9. The molecule has 0 unspecified atom stereocenters. The van der Waals surface area contributed by atoms with Crippen molar-refractivity contribution in [2.75, 3.05) is 11.4 Å². The summed E-state index contributed by atoms with van der Waals surface area (Å²) in [6.45, 7) is 0.676. The van der Waals surface area contributed by atoms with Crippen LogP contribution in [-0.2, 0) is 0 Å². The number of hydrogen-bond donors (Lipinski definition) is 0. The lowest BCUT2D eigenvalue weighted by Gasteiger charge is -2.28. The van der Waals surface area contributed by atoms with Crippen LogP contribution in [0.4, 0.5) is 15.9 Å². The molecule has 0 N–H and O–H groups in total. The Morgan fingerprint density at radius 3 is 2.89 bits per heavy atom. The fourth-order valence-corrected chi connectivity index (χ4v) is 2.35. The number of rotatable bonds is 1. The van der Waals surface area contributed by atoms with Gasteiger partial charge in [0.05, 0.1) is 16.9 Å². The standard InChI is InChI=1S/C14H10ClFN2/c15-12-5-1-3-10-4-2-8-18(14(10)12)13-7-6-11(16)9-17-13/h1-7,9H,8H2. The van der Waals surface area contributed by atoms with Crippen molar-refractivity contribution < 1.29 is 4.39 Å². The average molecular weight is 261 g/mol. The highest BCUT2D eigenvalue weighted by molar-refractivity contribution is 6.33. The van der Waals surface area contributed by atoms with Gasteiger partial charge in [0.15, 0.2) is 0 Å². The van der Waals surface area contributed by atoms with Gasteiger partial charge in [0.2, 0.25) is 0 Å². The number of anilines is 2. The molecule has 18 heavy (non-hydrogen) atoms. The predicted octanol–water partition coefficient (Wildman–Crippen LogP) is 4.04. The highest BCUT2D eigenvalue weighted by Gasteiger charge is 2.18. The van der Waals surface area contributed by atoms with Crippen LogP contribution in [0, 0.1) is 5.82 Å². The number of halogens is 2. The lowest BCUT2D eigenvalue weighted by atomic mass is 10.1. The number of aromatic nitrogens is 1. The molecule has 0 saturated carbocycles. The fourth-order valence-electron chi connectivity index (χ4n) is 2.06. The summed E-state index contributed by atoms with van der Waals surface area (Å²) >= 11 is 6.24. The minimum atomic E-state index is -0.342. The maximum atomic E-state index is 12.9. The normalized spacial score (nSPS) is 13.6. The Labute approximate surface area is 109 Å². The monoisotopic (exact) mass is 260 g/mol. The lowest BCUT2D eigenvalue weighted by Crippen LogP contribution is -2.21. The van der Waals surface area contributed by atoms with Crippen molar-refractivity contribution in [2.45, 2.75) is 0 Å². The molecule has 4 heteroatoms. The van der Waals surface area contributed by atoms with Gasteiger partial charge in [0.25, 0.3) is 0 Å². The molecule has 0 atom stereocenters. The van der Waals surface area contributed by atoms with E-state index in [1.165, 1.54) is 12.3 Å². The van der Waals surface area contributed by atoms with Crippen LogP contribution >= 0.6 is 11.6 Å². The molecule has 0 amide bonds. The smallest absolute Gasteiger partial charge is 0.141 e. The molecule has 2 nitrogen and oxygen atoms in total. The van der Waals surface area contributed by atoms with E-state index in [0.717, 1.165) is 11.3 Å². The SMILES string of the molecule is Fc1ccc(N2CC=Cc3cccc(Cl)c32)nc1. The van der Waals surface area contributed by atoms with E-state index in [-0.39, 0.29) is 5.82 Å². The van der Waals surface area contributed by atoms with Crippen LogP contribution < -0.4 is 4.90 Å². The third kappa shape index (κ3) is 1.87. The van der Waals surface area contributed by atoms with Gasteiger partial charge in [-0.25, -0.2) is 9.37 Å². The van der Waals surface area contributed by atoms with E-state index in [9.17, 15) is 4.39 Å². The molecule has 0 saturated heterocycles. The second-order valence-electron chi connectivity index (χ2n) is 4.03. The van der Waals surface area contributed by atoms with Gasteiger partial charge in [-0.1, -0.05) is 35.9 Å². The summed E-state index contributed by atoms with van der Waals surface area (Å²) in [5.41, 5.74) is 1.96. The van der Waals surface area contributed by atoms with Crippen molar-refractivity contribution in [3.63, 3.8) is 0 Å². The first-order chi connectivity index (χ1) is 8.75. The Kier molecular flexibility index (Phi) is 2.76. The third-order valence-electron chi connectivity index (χ3n) is 2.86. The molecular formula is C14H10ClFN2. The zero-order valence-corrected chi connectivity index (χ0v) is 10.2. The van der Waals surface area contributed by atoms with Crippen LogP contribution in [0.5, 0.6) is 0 Å². The van der Waals surface area contributed by atoms with Crippen LogP contribution in [0.1, 0.15) is 5.56 Å². The van der Waals surface area contributed by atoms with Gasteiger partial charge in [0, 0.05) is 6.54 Å². The summed E-state index contributed by atoms with van der Waals surface area (Å²) in [5.74, 6) is 0.348. The zero-order valence-electron chi connectivity index (χ0n) is 9.48. The summed E-state index contributed by atoms with van der Waals surface area (Å²) in [6.07, 6.45) is 5.27. The van der Waals surface area contributed by atoms with E-state index in [0.29, 0.717) is 17.4 Å². The second kappa shape index (κ2) is 4.42. The Hall–Kier alpha value is -1.87. The topological polar surface area (TPSA) is 16.1 Å². The van der Waals surface area contributed by atoms with E-state index < -0.39 is 0 Å². The first-order valence-corrected chi connectivity index (χ1v) is 5.97. The van der Waals surface area contributed by atoms with E-state index in [2.05, 4.69) is 4.98 Å². The van der Waals surface area contributed by atoms with Crippen LogP contribution in [0.25, 0.3) is 6.08 Å². The van der Waals surface area contributed by atoms with Crippen LogP contribution in [-0.4, -0.2) is 11.5 Å². The van der Waals surface area contributed by atoms with Gasteiger partial charge in [-0.2, -0.15) is 0 Å². The summed E-state index contributed by atoms with van der Waals surface area (Å²) in [5, 5.41) is 0.669. The van der Waals surface area contributed by atoms with Crippen molar-refractivity contribution in [1.29, 1.82) is 0 Å². The number of benzene rings is 1. The van der Waals surface area contributed by atoms with Gasteiger partial charge < -0.3 is 4.90 Å². The highest BCUT2D eigenvalue weighted by atomic mass is 35.5. The summed E-state index contributed by atoms with van der Waals surface area (Å²) in [6, 6.07) is 8.80. The second-order valence-corrected chi connectivity index (χ2v) is 4.43. The number of pyridine rings is 1. The summed E-state index contributed by atoms with van der Waals surface area (Å²) in [4.78, 5) is 6.07. The summed E-state index contributed by atoms with van der Waals surface area (Å²) < 4.78 is 12.9. The van der Waals surface area contributed by atoms with Crippen molar-refractivity contribution in [1.82, 2.24) is 4.98 Å². The molecule has 0 spiro atoms. The Bertz CT molecular complexity index is 608. The molecule has 0 bridgehead atoms. The Balaban J connectivity index is 2.11. The minimum absolute atomic E-state index is 0.342. The number of para-hydroxylation sites is 1. The Morgan fingerprint density at radius 2 is 2.11 bits per heavy atom. The predicted molar refractivity (Wildman–Crippen MR) is 71.7 cm³/mol. The zero-order chi connectivity index (χ0) is 12.5. The van der Waals surface area contributed by atoms with Gasteiger partial charge >= 0.3 is 0 Å². The number of fused-ring (bicyclic) bond motifs is 1. The molecule has 2 aromatic rings. The third-order valence-corrected chi connectivity index (χ3v) is 3.17. The van der Waals surface area contributed by atoms with E-state index in [4.69, 9.17) is 11.6 Å². The van der Waals surface area contributed by atoms with Crippen LogP contribution in [0.15, 0.2) is 42.6 Å². The van der Waals surface area contributed by atoms with Gasteiger partial charge in [0.1, 0.15) is 11.6 Å². The quantitative estimate of drug-likeness (QED) is 0.769. The largest absolute Gasteiger partial charge is 0.321 e. The van der Waals surface area contributed by atoms with Crippen molar-refractivity contribution in [3.05, 3.63) is 59.0 Å². The highest BCUT2D eigenvalue weighted by Crippen LogP contribution is 2.37. The maximum Gasteiger partial charge on any atom is 0.141 e. The minimum Gasteiger partial charge on any atom is -0.321 e. The Morgan fingerprint density at radius 1 is 1.22 bits per heavy atom. The van der Waals surface area contributed by atoms with E-state index in [1.54, 1.807) is 6.07 Å². The van der Waals surface area contributed by atoms with Crippen molar-refractivity contribution in [2.24, 2.45) is 0 Å². The molecular weight excluding hydrogens is 251 g/mol. The summed E-state index contributed by atoms with van der Waals surface area (Å²) in [7, 11) is 0. The molecule has 0 radical (unpaired) electrons. The van der Waals surface area contributed by atoms with Crippen molar-refractivity contribution >= 4 is 29.2 Å². The van der Waals surface area contributed by atoms with E-state index >= 15 is 0 Å². The fraction of sp³-hybridized carbons (Fsp3) is 0.0714. The molecule has 1 aromatic carbocycles. The molecule has 1 aliphatic heterocycles. The first kappa shape index (κ1) is 11.2. The first-order valence-electron chi connectivity index (χ1n) is 5.60. The van der Waals surface area contributed by atoms with Crippen LogP contribution in [0.2, 0.25) is 5.02 Å². The van der Waals surface area contributed by atoms with E-state index in [1.807, 2.05) is 35.3 Å². The van der Waals surface area contributed by atoms with Gasteiger partial charge in [-0.3, -0.25) is 0 Å². The van der Waals surface area contributed by atoms with Gasteiger partial charge in [-0.05, 0) is 23.8 Å². The van der Waals surface area contributed by atoms with Crippen molar-refractivity contribution in [3.8, 4) is 0 Å². The number of hydrogen-bond acceptors (Lipinski definition) is 2. The molecule has 90 valence electrons. The molecule has 0 aliphatic carbocycles. The molecule has 0 fully saturated rings. The molecule has 1 aliphatic rings. The molecule has 2 heterocycles. The van der Waals surface area contributed by atoms with Gasteiger partial charge in [-0.15, -0.1) is 0 Å². The number of nitrogens with zero attached hydrogens (tertiary/aromatic N) is 2. The molecule has 3 rings (SSSR count). The average Bonchev–Trinajstić information content (AvgIpc) is 2.39. The van der Waals surface area contributed by atoms with Crippen LogP contribution in [0.3, 0.4) is 0 Å².